The third kappa shape index (κ3) is 3.52. The number of rotatable bonds is 5. The molecule has 0 aliphatic carbocycles. The van der Waals surface area contributed by atoms with Crippen LogP contribution in [-0.4, -0.2) is 17.1 Å². The van der Waals surface area contributed by atoms with E-state index in [4.69, 9.17) is 4.74 Å². The fourth-order valence-electron chi connectivity index (χ4n) is 1.83. The summed E-state index contributed by atoms with van der Waals surface area (Å²) in [6, 6.07) is 3.88. The lowest BCUT2D eigenvalue weighted by Gasteiger charge is -2.23. The summed E-state index contributed by atoms with van der Waals surface area (Å²) in [4.78, 5) is 8.87. The summed E-state index contributed by atoms with van der Waals surface area (Å²) in [6.45, 7) is 6.90. The van der Waals surface area contributed by atoms with Crippen molar-refractivity contribution in [1.82, 2.24) is 15.3 Å². The van der Waals surface area contributed by atoms with Crippen molar-refractivity contribution in [2.45, 2.75) is 32.9 Å². The van der Waals surface area contributed by atoms with E-state index in [0.717, 1.165) is 22.1 Å². The summed E-state index contributed by atoms with van der Waals surface area (Å²) < 4.78 is 5.26. The summed E-state index contributed by atoms with van der Waals surface area (Å²) in [5, 5.41) is 6.55. The Labute approximate surface area is 117 Å². The molecule has 0 saturated carbocycles. The molecule has 102 valence electrons. The number of methoxy groups -OCH3 is 1. The highest BCUT2D eigenvalue weighted by molar-refractivity contribution is 7.09. The highest BCUT2D eigenvalue weighted by Gasteiger charge is 2.22. The van der Waals surface area contributed by atoms with E-state index in [1.807, 2.05) is 30.6 Å². The fourth-order valence-corrected chi connectivity index (χ4v) is 2.57. The van der Waals surface area contributed by atoms with Gasteiger partial charge in [0, 0.05) is 35.9 Å². The average Bonchev–Trinajstić information content (AvgIpc) is 2.90. The molecular formula is C14H19N3OS. The first-order chi connectivity index (χ1) is 9.01. The number of aryl methyl sites for hydroxylation is 1. The van der Waals surface area contributed by atoms with E-state index >= 15 is 0 Å². The van der Waals surface area contributed by atoms with E-state index in [2.05, 4.69) is 29.1 Å². The third-order valence-electron chi connectivity index (χ3n) is 2.89. The molecule has 2 aromatic heterocycles. The molecule has 4 nitrogen and oxygen atoms in total. The van der Waals surface area contributed by atoms with Gasteiger partial charge in [0.25, 0.3) is 0 Å². The third-order valence-corrected chi connectivity index (χ3v) is 3.99. The van der Waals surface area contributed by atoms with E-state index in [-0.39, 0.29) is 5.54 Å². The Morgan fingerprint density at radius 3 is 2.79 bits per heavy atom. The zero-order valence-corrected chi connectivity index (χ0v) is 12.5. The van der Waals surface area contributed by atoms with Gasteiger partial charge in [-0.1, -0.05) is 0 Å². The van der Waals surface area contributed by atoms with E-state index < -0.39 is 0 Å². The van der Waals surface area contributed by atoms with Crippen LogP contribution in [0, 0.1) is 6.92 Å². The van der Waals surface area contributed by atoms with Gasteiger partial charge in [0.15, 0.2) is 0 Å². The quantitative estimate of drug-likeness (QED) is 0.913. The molecule has 0 atom stereocenters. The molecule has 0 saturated heterocycles. The van der Waals surface area contributed by atoms with Gasteiger partial charge in [-0.2, -0.15) is 0 Å². The van der Waals surface area contributed by atoms with Crippen LogP contribution in [0.25, 0.3) is 0 Å². The SMILES string of the molecule is COc1cc(C)nc(CNC(C)(C)c2nccs2)c1. The number of aromatic nitrogens is 2. The average molecular weight is 277 g/mol. The normalized spacial score (nSPS) is 11.6. The monoisotopic (exact) mass is 277 g/mol. The van der Waals surface area contributed by atoms with E-state index in [0.29, 0.717) is 6.54 Å². The van der Waals surface area contributed by atoms with Gasteiger partial charge >= 0.3 is 0 Å². The first kappa shape index (κ1) is 14.0. The van der Waals surface area contributed by atoms with Crippen molar-refractivity contribution in [3.63, 3.8) is 0 Å². The van der Waals surface area contributed by atoms with Crippen LogP contribution >= 0.6 is 11.3 Å². The first-order valence-electron chi connectivity index (χ1n) is 6.18. The summed E-state index contributed by atoms with van der Waals surface area (Å²) in [5.74, 6) is 0.844. The molecule has 0 aliphatic rings. The van der Waals surface area contributed by atoms with Crippen molar-refractivity contribution in [2.24, 2.45) is 0 Å². The molecule has 1 N–H and O–H groups in total. The smallest absolute Gasteiger partial charge is 0.122 e. The maximum absolute atomic E-state index is 5.26. The maximum Gasteiger partial charge on any atom is 0.122 e. The minimum absolute atomic E-state index is 0.160. The van der Waals surface area contributed by atoms with Gasteiger partial charge in [-0.25, -0.2) is 4.98 Å². The molecule has 2 heterocycles. The highest BCUT2D eigenvalue weighted by Crippen LogP contribution is 2.22. The second kappa shape index (κ2) is 5.67. The molecule has 5 heteroatoms. The predicted octanol–water partition coefficient (Wildman–Crippen LogP) is 2.88. The van der Waals surface area contributed by atoms with Gasteiger partial charge < -0.3 is 10.1 Å². The molecule has 0 aliphatic heterocycles. The highest BCUT2D eigenvalue weighted by atomic mass is 32.1. The molecule has 0 radical (unpaired) electrons. The van der Waals surface area contributed by atoms with Crippen molar-refractivity contribution in [2.75, 3.05) is 7.11 Å². The minimum atomic E-state index is -0.160. The lowest BCUT2D eigenvalue weighted by molar-refractivity contribution is 0.392. The fraction of sp³-hybridized carbons (Fsp3) is 0.429. The Balaban J connectivity index is 2.08. The van der Waals surface area contributed by atoms with Crippen LogP contribution in [0.5, 0.6) is 5.75 Å². The molecule has 0 unspecified atom stereocenters. The van der Waals surface area contributed by atoms with Gasteiger partial charge in [0.1, 0.15) is 10.8 Å². The second-order valence-electron chi connectivity index (χ2n) is 4.96. The summed E-state index contributed by atoms with van der Waals surface area (Å²) in [5.41, 5.74) is 1.78. The Bertz CT molecular complexity index is 538. The number of hydrogen-bond acceptors (Lipinski definition) is 5. The van der Waals surface area contributed by atoms with Crippen LogP contribution in [0.2, 0.25) is 0 Å². The molecule has 2 aromatic rings. The predicted molar refractivity (Wildman–Crippen MR) is 77.5 cm³/mol. The van der Waals surface area contributed by atoms with Crippen LogP contribution in [-0.2, 0) is 12.1 Å². The molecule has 0 aromatic carbocycles. The molecule has 0 bridgehead atoms. The topological polar surface area (TPSA) is 47.0 Å². The van der Waals surface area contributed by atoms with Crippen LogP contribution in [0.1, 0.15) is 30.2 Å². The Kier molecular flexibility index (Phi) is 4.17. The first-order valence-corrected chi connectivity index (χ1v) is 7.06. The van der Waals surface area contributed by atoms with Gasteiger partial charge in [0.05, 0.1) is 18.3 Å². The molecular weight excluding hydrogens is 258 g/mol. The molecule has 19 heavy (non-hydrogen) atoms. The summed E-state index contributed by atoms with van der Waals surface area (Å²) >= 11 is 1.66. The van der Waals surface area contributed by atoms with Crippen molar-refractivity contribution < 1.29 is 4.74 Å². The van der Waals surface area contributed by atoms with E-state index in [9.17, 15) is 0 Å². The number of nitrogens with zero attached hydrogens (tertiary/aromatic N) is 2. The molecule has 0 amide bonds. The minimum Gasteiger partial charge on any atom is -0.497 e. The Morgan fingerprint density at radius 1 is 1.37 bits per heavy atom. The number of pyridine rings is 1. The van der Waals surface area contributed by atoms with Crippen molar-refractivity contribution >= 4 is 11.3 Å². The van der Waals surface area contributed by atoms with E-state index in [1.165, 1.54) is 0 Å². The van der Waals surface area contributed by atoms with Gasteiger partial charge in [-0.15, -0.1) is 11.3 Å². The van der Waals surface area contributed by atoms with Crippen molar-refractivity contribution in [3.8, 4) is 5.75 Å². The van der Waals surface area contributed by atoms with Crippen LogP contribution in [0.15, 0.2) is 23.7 Å². The second-order valence-corrected chi connectivity index (χ2v) is 5.85. The maximum atomic E-state index is 5.26. The van der Waals surface area contributed by atoms with Crippen LogP contribution in [0.3, 0.4) is 0 Å². The molecule has 0 fully saturated rings. The number of thiazole rings is 1. The van der Waals surface area contributed by atoms with Crippen molar-refractivity contribution in [1.29, 1.82) is 0 Å². The Morgan fingerprint density at radius 2 is 2.16 bits per heavy atom. The standard InChI is InChI=1S/C14H19N3OS/c1-10-7-12(18-4)8-11(17-10)9-16-14(2,3)13-15-5-6-19-13/h5-8,16H,9H2,1-4H3. The number of ether oxygens (including phenoxy) is 1. The zero-order chi connectivity index (χ0) is 13.9. The van der Waals surface area contributed by atoms with Crippen molar-refractivity contribution in [3.05, 3.63) is 40.1 Å². The van der Waals surface area contributed by atoms with Gasteiger partial charge in [0.2, 0.25) is 0 Å². The summed E-state index contributed by atoms with van der Waals surface area (Å²) in [6.07, 6.45) is 1.83. The van der Waals surface area contributed by atoms with Gasteiger partial charge in [-0.05, 0) is 20.8 Å². The molecule has 2 rings (SSSR count). The largest absolute Gasteiger partial charge is 0.497 e. The number of hydrogen-bond donors (Lipinski definition) is 1. The summed E-state index contributed by atoms with van der Waals surface area (Å²) in [7, 11) is 1.67. The molecule has 0 spiro atoms. The van der Waals surface area contributed by atoms with E-state index in [1.54, 1.807) is 18.4 Å². The van der Waals surface area contributed by atoms with Crippen LogP contribution < -0.4 is 10.1 Å². The zero-order valence-electron chi connectivity index (χ0n) is 11.7. The Hall–Kier alpha value is -1.46. The number of nitrogens with one attached hydrogen (secondary N) is 1. The lowest BCUT2D eigenvalue weighted by Crippen LogP contribution is -2.36. The lowest BCUT2D eigenvalue weighted by atomic mass is 10.1. The van der Waals surface area contributed by atoms with Crippen LogP contribution in [0.4, 0.5) is 0 Å². The van der Waals surface area contributed by atoms with Gasteiger partial charge in [-0.3, -0.25) is 4.98 Å².